The number of urea groups is 1. The minimum absolute atomic E-state index is 0.0331. The molecule has 1 aliphatic rings. The first-order chi connectivity index (χ1) is 13.9. The molecule has 0 radical (unpaired) electrons. The molecule has 1 aromatic heterocycles. The molecule has 0 aliphatic carbocycles. The summed E-state index contributed by atoms with van der Waals surface area (Å²) in [6.07, 6.45) is 0.406. The lowest BCUT2D eigenvalue weighted by atomic mass is 10.1. The summed E-state index contributed by atoms with van der Waals surface area (Å²) in [5, 5.41) is 22.7. The normalized spacial score (nSPS) is 14.1. The smallest absolute Gasteiger partial charge is 0.407 e. The molecule has 1 saturated heterocycles. The number of nitrogens with one attached hydrogen (secondary N) is 2. The molecule has 1 aliphatic heterocycles. The Kier molecular flexibility index (Phi) is 6.21. The van der Waals surface area contributed by atoms with Crippen LogP contribution in [0.5, 0.6) is 0 Å². The summed E-state index contributed by atoms with van der Waals surface area (Å²) in [4.78, 5) is 30.4. The number of halogens is 1. The van der Waals surface area contributed by atoms with E-state index in [-0.39, 0.29) is 11.4 Å². The number of carboxylic acid groups (broad SMARTS) is 1. The monoisotopic (exact) mass is 398 g/mol. The summed E-state index contributed by atoms with van der Waals surface area (Å²) in [6.45, 7) is 2.52. The Morgan fingerprint density at radius 1 is 1.17 bits per heavy atom. The zero-order valence-corrected chi connectivity index (χ0v) is 15.4. The molecule has 1 aromatic carbocycles. The van der Waals surface area contributed by atoms with Gasteiger partial charge in [0.2, 0.25) is 0 Å². The molecule has 0 atom stereocenters. The van der Waals surface area contributed by atoms with Crippen molar-refractivity contribution in [1.29, 1.82) is 5.26 Å². The van der Waals surface area contributed by atoms with Crippen molar-refractivity contribution < 1.29 is 19.1 Å². The number of carbonyl (C=O) groups is 2. The third-order valence-corrected chi connectivity index (χ3v) is 4.46. The van der Waals surface area contributed by atoms with Crippen molar-refractivity contribution in [3.8, 4) is 6.07 Å². The zero-order chi connectivity index (χ0) is 20.8. The van der Waals surface area contributed by atoms with E-state index in [1.165, 1.54) is 29.3 Å². The van der Waals surface area contributed by atoms with E-state index in [9.17, 15) is 14.0 Å². The predicted octanol–water partition coefficient (Wildman–Crippen LogP) is 2.53. The average Bonchev–Trinajstić information content (AvgIpc) is 2.71. The molecule has 3 N–H and O–H groups in total. The van der Waals surface area contributed by atoms with Gasteiger partial charge in [-0.3, -0.25) is 4.90 Å². The van der Waals surface area contributed by atoms with E-state index in [0.717, 1.165) is 5.56 Å². The molecule has 150 valence electrons. The predicted molar refractivity (Wildman–Crippen MR) is 103 cm³/mol. The topological polar surface area (TPSA) is 122 Å². The number of nitrogens with zero attached hydrogens (tertiary/aromatic N) is 4. The third kappa shape index (κ3) is 5.40. The lowest BCUT2D eigenvalue weighted by molar-refractivity contribution is 0.103. The number of nitriles is 1. The molecule has 0 bridgehead atoms. The first-order valence-electron chi connectivity index (χ1n) is 8.87. The largest absolute Gasteiger partial charge is 0.465 e. The van der Waals surface area contributed by atoms with Crippen LogP contribution in [0.2, 0.25) is 0 Å². The number of aromatic nitrogens is 1. The van der Waals surface area contributed by atoms with Gasteiger partial charge in [-0.25, -0.2) is 19.0 Å². The fourth-order valence-electron chi connectivity index (χ4n) is 2.94. The van der Waals surface area contributed by atoms with Gasteiger partial charge in [-0.05, 0) is 29.8 Å². The molecule has 1 fully saturated rings. The van der Waals surface area contributed by atoms with E-state index in [0.29, 0.717) is 38.4 Å². The molecular formula is C19H19FN6O3. The second-order valence-corrected chi connectivity index (χ2v) is 6.48. The summed E-state index contributed by atoms with van der Waals surface area (Å²) >= 11 is 0. The molecule has 3 amide bonds. The minimum atomic E-state index is -0.929. The minimum Gasteiger partial charge on any atom is -0.465 e. The summed E-state index contributed by atoms with van der Waals surface area (Å²) in [7, 11) is 0. The lowest BCUT2D eigenvalue weighted by Crippen LogP contribution is -2.47. The van der Waals surface area contributed by atoms with Gasteiger partial charge in [0.15, 0.2) is 0 Å². The van der Waals surface area contributed by atoms with Gasteiger partial charge in [-0.1, -0.05) is 6.07 Å². The van der Waals surface area contributed by atoms with Crippen molar-refractivity contribution in [1.82, 2.24) is 14.8 Å². The molecule has 3 rings (SSSR count). The summed E-state index contributed by atoms with van der Waals surface area (Å²) < 4.78 is 14.1. The van der Waals surface area contributed by atoms with E-state index in [1.54, 1.807) is 12.1 Å². The molecule has 2 heterocycles. The average molecular weight is 398 g/mol. The number of carbonyl (C=O) groups excluding carboxylic acids is 1. The van der Waals surface area contributed by atoms with E-state index < -0.39 is 17.9 Å². The Hall–Kier alpha value is -3.71. The third-order valence-electron chi connectivity index (χ3n) is 4.46. The van der Waals surface area contributed by atoms with Crippen LogP contribution in [0.15, 0.2) is 36.5 Å². The number of hydrogen-bond acceptors (Lipinski definition) is 5. The van der Waals surface area contributed by atoms with E-state index in [1.807, 2.05) is 6.07 Å². The van der Waals surface area contributed by atoms with Crippen molar-refractivity contribution in [3.05, 3.63) is 53.6 Å². The Balaban J connectivity index is 1.59. The van der Waals surface area contributed by atoms with Gasteiger partial charge in [-0.2, -0.15) is 5.26 Å². The summed E-state index contributed by atoms with van der Waals surface area (Å²) in [6, 6.07) is 8.69. The van der Waals surface area contributed by atoms with Crippen molar-refractivity contribution in [2.45, 2.75) is 6.54 Å². The quantitative estimate of drug-likeness (QED) is 0.728. The zero-order valence-electron chi connectivity index (χ0n) is 15.4. The summed E-state index contributed by atoms with van der Waals surface area (Å²) in [5.74, 6) is -0.572. The number of anilines is 2. The first kappa shape index (κ1) is 20.0. The number of pyridine rings is 1. The molecule has 0 spiro atoms. The number of amides is 3. The Labute approximate surface area is 166 Å². The highest BCUT2D eigenvalue weighted by Gasteiger charge is 2.20. The Bertz CT molecular complexity index is 936. The maximum atomic E-state index is 14.1. The Morgan fingerprint density at radius 3 is 2.55 bits per heavy atom. The van der Waals surface area contributed by atoms with Crippen molar-refractivity contribution in [2.24, 2.45) is 0 Å². The highest BCUT2D eigenvalue weighted by molar-refractivity contribution is 5.99. The van der Waals surface area contributed by atoms with Gasteiger partial charge in [0.1, 0.15) is 17.6 Å². The van der Waals surface area contributed by atoms with Gasteiger partial charge in [0.25, 0.3) is 0 Å². The number of benzene rings is 1. The van der Waals surface area contributed by atoms with Gasteiger partial charge in [0.05, 0.1) is 17.6 Å². The van der Waals surface area contributed by atoms with Crippen LogP contribution in [-0.4, -0.2) is 58.2 Å². The molecule has 0 saturated carbocycles. The molecule has 10 heteroatoms. The van der Waals surface area contributed by atoms with Crippen molar-refractivity contribution in [3.63, 3.8) is 0 Å². The van der Waals surface area contributed by atoms with Gasteiger partial charge in [-0.15, -0.1) is 0 Å². The number of piperazine rings is 1. The van der Waals surface area contributed by atoms with Crippen LogP contribution < -0.4 is 10.6 Å². The van der Waals surface area contributed by atoms with Gasteiger partial charge >= 0.3 is 12.1 Å². The van der Waals surface area contributed by atoms with Crippen LogP contribution in [0.1, 0.15) is 11.3 Å². The number of rotatable bonds is 4. The van der Waals surface area contributed by atoms with E-state index in [4.69, 9.17) is 10.4 Å². The standard InChI is InChI=1S/C19H19FN6O3/c20-16-4-1-13(12-25-5-7-26(8-6-25)19(28)29)9-17(16)24-18(27)23-15-3-2-14(10-21)22-11-15/h1-4,9,11H,5-8,12H2,(H,28,29)(H2,23,24,27). The first-order valence-corrected chi connectivity index (χ1v) is 8.87. The second kappa shape index (κ2) is 8.99. The van der Waals surface area contributed by atoms with Crippen LogP contribution in [0, 0.1) is 17.1 Å². The van der Waals surface area contributed by atoms with E-state index >= 15 is 0 Å². The van der Waals surface area contributed by atoms with E-state index in [2.05, 4.69) is 20.5 Å². The molecule has 0 unspecified atom stereocenters. The highest BCUT2D eigenvalue weighted by atomic mass is 19.1. The highest BCUT2D eigenvalue weighted by Crippen LogP contribution is 2.19. The molecular weight excluding hydrogens is 379 g/mol. The van der Waals surface area contributed by atoms with Gasteiger partial charge in [0, 0.05) is 32.7 Å². The SMILES string of the molecule is N#Cc1ccc(NC(=O)Nc2cc(CN3CCN(C(=O)O)CC3)ccc2F)cn1. The Morgan fingerprint density at radius 2 is 1.93 bits per heavy atom. The van der Waals surface area contributed by atoms with Crippen LogP contribution in [-0.2, 0) is 6.54 Å². The van der Waals surface area contributed by atoms with Crippen LogP contribution in [0.3, 0.4) is 0 Å². The summed E-state index contributed by atoms with van der Waals surface area (Å²) in [5.41, 5.74) is 1.42. The van der Waals surface area contributed by atoms with Crippen molar-refractivity contribution in [2.75, 3.05) is 36.8 Å². The molecule has 2 aromatic rings. The fraction of sp³-hybridized carbons (Fsp3) is 0.263. The van der Waals surface area contributed by atoms with Crippen LogP contribution in [0.4, 0.5) is 25.4 Å². The number of hydrogen-bond donors (Lipinski definition) is 3. The second-order valence-electron chi connectivity index (χ2n) is 6.48. The van der Waals surface area contributed by atoms with Crippen molar-refractivity contribution >= 4 is 23.5 Å². The maximum Gasteiger partial charge on any atom is 0.407 e. The molecule has 9 nitrogen and oxygen atoms in total. The van der Waals surface area contributed by atoms with Crippen LogP contribution in [0.25, 0.3) is 0 Å². The van der Waals surface area contributed by atoms with Gasteiger partial charge < -0.3 is 20.6 Å². The van der Waals surface area contributed by atoms with Crippen LogP contribution >= 0.6 is 0 Å². The molecule has 29 heavy (non-hydrogen) atoms. The lowest BCUT2D eigenvalue weighted by Gasteiger charge is -2.33. The fourth-order valence-corrected chi connectivity index (χ4v) is 2.94. The maximum absolute atomic E-state index is 14.1.